The summed E-state index contributed by atoms with van der Waals surface area (Å²) in [5.74, 6) is -0.373. The minimum absolute atomic E-state index is 0.0193. The zero-order valence-electron chi connectivity index (χ0n) is 15.0. The lowest BCUT2D eigenvalue weighted by molar-refractivity contribution is -0.917. The van der Waals surface area contributed by atoms with Gasteiger partial charge < -0.3 is 10.2 Å². The number of amides is 1. The number of benzene rings is 1. The molecule has 1 saturated heterocycles. The number of rotatable bonds is 6. The van der Waals surface area contributed by atoms with Crippen LogP contribution in [0.4, 0.5) is 4.39 Å². The minimum atomic E-state index is -3.84. The summed E-state index contributed by atoms with van der Waals surface area (Å²) in [5, 5.41) is 2.91. The van der Waals surface area contributed by atoms with Gasteiger partial charge in [-0.05, 0) is 25.0 Å². The van der Waals surface area contributed by atoms with Crippen LogP contribution >= 0.6 is 0 Å². The van der Waals surface area contributed by atoms with E-state index < -0.39 is 15.8 Å². The van der Waals surface area contributed by atoms with Crippen LogP contribution in [0.25, 0.3) is 0 Å². The number of hydrogen-bond acceptors (Lipinski definition) is 3. The first-order valence-electron chi connectivity index (χ1n) is 8.60. The van der Waals surface area contributed by atoms with Crippen LogP contribution in [0, 0.1) is 11.7 Å². The van der Waals surface area contributed by atoms with Crippen molar-refractivity contribution in [3.63, 3.8) is 0 Å². The van der Waals surface area contributed by atoms with Crippen LogP contribution in [-0.4, -0.2) is 57.4 Å². The van der Waals surface area contributed by atoms with Crippen LogP contribution in [0.15, 0.2) is 29.2 Å². The molecule has 0 radical (unpaired) electrons. The Balaban J connectivity index is 1.97. The summed E-state index contributed by atoms with van der Waals surface area (Å²) in [6, 6.07) is 5.17. The van der Waals surface area contributed by atoms with Crippen molar-refractivity contribution < 1.29 is 22.5 Å². The first-order valence-corrected chi connectivity index (χ1v) is 10.0. The van der Waals surface area contributed by atoms with Gasteiger partial charge in [-0.25, -0.2) is 12.8 Å². The van der Waals surface area contributed by atoms with Crippen LogP contribution in [0.5, 0.6) is 0 Å². The molecule has 0 spiro atoms. The molecule has 8 heteroatoms. The molecule has 0 unspecified atom stereocenters. The molecule has 1 fully saturated rings. The Kier molecular flexibility index (Phi) is 6.53. The van der Waals surface area contributed by atoms with Crippen LogP contribution in [0.1, 0.15) is 20.8 Å². The Labute approximate surface area is 149 Å². The predicted octanol–water partition coefficient (Wildman–Crippen LogP) is -0.124. The van der Waals surface area contributed by atoms with Crippen molar-refractivity contribution in [2.24, 2.45) is 5.92 Å². The van der Waals surface area contributed by atoms with Gasteiger partial charge in [-0.15, -0.1) is 0 Å². The predicted molar refractivity (Wildman–Crippen MR) is 93.2 cm³/mol. The van der Waals surface area contributed by atoms with Gasteiger partial charge in [0.1, 0.15) is 10.7 Å². The van der Waals surface area contributed by atoms with Gasteiger partial charge in [0, 0.05) is 6.54 Å². The van der Waals surface area contributed by atoms with E-state index in [-0.39, 0.29) is 29.9 Å². The number of hydrogen-bond donors (Lipinski definition) is 2. The third-order valence-corrected chi connectivity index (χ3v) is 6.44. The molecule has 0 saturated carbocycles. The van der Waals surface area contributed by atoms with Crippen molar-refractivity contribution in [3.05, 3.63) is 30.1 Å². The van der Waals surface area contributed by atoms with E-state index in [1.807, 2.05) is 20.8 Å². The van der Waals surface area contributed by atoms with E-state index in [2.05, 4.69) is 5.32 Å². The molecule has 140 valence electrons. The molecule has 1 aromatic rings. The van der Waals surface area contributed by atoms with E-state index in [0.717, 1.165) is 11.0 Å². The first-order chi connectivity index (χ1) is 11.7. The average Bonchev–Trinajstić information content (AvgIpc) is 2.59. The third kappa shape index (κ3) is 4.77. The molecule has 2 rings (SSSR count). The molecule has 0 bridgehead atoms. The lowest BCUT2D eigenvalue weighted by atomic mass is 10.2. The summed E-state index contributed by atoms with van der Waals surface area (Å²) in [6.07, 6.45) is 0. The van der Waals surface area contributed by atoms with Crippen molar-refractivity contribution in [3.8, 4) is 0 Å². The van der Waals surface area contributed by atoms with Crippen molar-refractivity contribution in [2.75, 3.05) is 32.7 Å². The summed E-state index contributed by atoms with van der Waals surface area (Å²) >= 11 is 0. The van der Waals surface area contributed by atoms with Crippen LogP contribution in [0.2, 0.25) is 0 Å². The van der Waals surface area contributed by atoms with Crippen molar-refractivity contribution >= 4 is 15.9 Å². The molecule has 25 heavy (non-hydrogen) atoms. The number of halogens is 1. The normalized spacial score (nSPS) is 18.3. The second-order valence-corrected chi connectivity index (χ2v) is 8.76. The van der Waals surface area contributed by atoms with E-state index in [1.165, 1.54) is 22.5 Å². The quantitative estimate of drug-likeness (QED) is 0.731. The number of quaternary nitrogens is 1. The average molecular weight is 372 g/mol. The molecule has 1 aliphatic rings. The topological polar surface area (TPSA) is 70.9 Å². The highest BCUT2D eigenvalue weighted by Gasteiger charge is 2.35. The SMILES string of the molecule is CC(C)CNC(=O)[C@H](C)[NH+]1CCN(S(=O)(=O)c2ccccc2F)CC1. The zero-order valence-corrected chi connectivity index (χ0v) is 15.8. The molecule has 2 N–H and O–H groups in total. The number of carbonyl (C=O) groups excluding carboxylic acids is 1. The van der Waals surface area contributed by atoms with Crippen molar-refractivity contribution in [1.29, 1.82) is 0 Å². The standard InChI is InChI=1S/C17H26FN3O3S/c1-13(2)12-19-17(22)14(3)20-8-10-21(11-9-20)25(23,24)16-7-5-4-6-15(16)18/h4-7,13-14H,8-12H2,1-3H3,(H,19,22)/p+1/t14-/m0/s1. The summed E-state index contributed by atoms with van der Waals surface area (Å²) in [4.78, 5) is 12.9. The van der Waals surface area contributed by atoms with Crippen LogP contribution < -0.4 is 10.2 Å². The highest BCUT2D eigenvalue weighted by Crippen LogP contribution is 2.18. The molecule has 0 aliphatic carbocycles. The van der Waals surface area contributed by atoms with Gasteiger partial charge >= 0.3 is 0 Å². The monoisotopic (exact) mass is 372 g/mol. The molecule has 6 nitrogen and oxygen atoms in total. The van der Waals surface area contributed by atoms with Crippen molar-refractivity contribution in [1.82, 2.24) is 9.62 Å². The maximum absolute atomic E-state index is 13.8. The number of sulfonamides is 1. The lowest BCUT2D eigenvalue weighted by Gasteiger charge is -2.34. The molecular weight excluding hydrogens is 345 g/mol. The van der Waals surface area contributed by atoms with Crippen molar-refractivity contribution in [2.45, 2.75) is 31.7 Å². The minimum Gasteiger partial charge on any atom is -0.351 e. The van der Waals surface area contributed by atoms with Gasteiger partial charge in [0.2, 0.25) is 10.0 Å². The summed E-state index contributed by atoms with van der Waals surface area (Å²) in [7, 11) is -3.84. The maximum atomic E-state index is 13.8. The largest absolute Gasteiger partial charge is 0.351 e. The van der Waals surface area contributed by atoms with Crippen LogP contribution in [-0.2, 0) is 14.8 Å². The Hall–Kier alpha value is -1.51. The molecule has 1 aliphatic heterocycles. The summed E-state index contributed by atoms with van der Waals surface area (Å²) < 4.78 is 40.3. The third-order valence-electron chi connectivity index (χ3n) is 4.51. The van der Waals surface area contributed by atoms with E-state index in [9.17, 15) is 17.6 Å². The van der Waals surface area contributed by atoms with E-state index in [1.54, 1.807) is 0 Å². The number of carbonyl (C=O) groups is 1. The summed E-state index contributed by atoms with van der Waals surface area (Å²) in [6.45, 7) is 8.13. The molecular formula is C17H27FN3O3S+. The number of piperazine rings is 1. The molecule has 0 aromatic heterocycles. The fourth-order valence-electron chi connectivity index (χ4n) is 2.88. The van der Waals surface area contributed by atoms with Gasteiger partial charge in [-0.1, -0.05) is 26.0 Å². The molecule has 1 amide bonds. The van der Waals surface area contributed by atoms with Gasteiger partial charge in [0.05, 0.1) is 26.2 Å². The number of nitrogens with zero attached hydrogens (tertiary/aromatic N) is 1. The van der Waals surface area contributed by atoms with Gasteiger partial charge in [-0.2, -0.15) is 4.31 Å². The highest BCUT2D eigenvalue weighted by molar-refractivity contribution is 7.89. The van der Waals surface area contributed by atoms with E-state index in [4.69, 9.17) is 0 Å². The number of nitrogens with one attached hydrogen (secondary N) is 2. The fraction of sp³-hybridized carbons (Fsp3) is 0.588. The van der Waals surface area contributed by atoms with Gasteiger partial charge in [0.15, 0.2) is 6.04 Å². The Morgan fingerprint density at radius 1 is 1.24 bits per heavy atom. The smallest absolute Gasteiger partial charge is 0.278 e. The Morgan fingerprint density at radius 3 is 2.40 bits per heavy atom. The zero-order chi connectivity index (χ0) is 18.6. The first kappa shape index (κ1) is 19.8. The van der Waals surface area contributed by atoms with E-state index >= 15 is 0 Å². The molecule has 1 atom stereocenters. The Morgan fingerprint density at radius 2 is 1.84 bits per heavy atom. The maximum Gasteiger partial charge on any atom is 0.278 e. The second-order valence-electron chi connectivity index (χ2n) is 6.85. The molecule has 1 aromatic carbocycles. The van der Waals surface area contributed by atoms with Crippen LogP contribution in [0.3, 0.4) is 0 Å². The molecule has 1 heterocycles. The van der Waals surface area contributed by atoms with Gasteiger partial charge in [-0.3, -0.25) is 4.79 Å². The second kappa shape index (κ2) is 8.25. The Bertz CT molecular complexity index is 701. The fourth-order valence-corrected chi connectivity index (χ4v) is 4.39. The van der Waals surface area contributed by atoms with E-state index in [0.29, 0.717) is 25.6 Å². The van der Waals surface area contributed by atoms with Gasteiger partial charge in [0.25, 0.3) is 5.91 Å². The highest BCUT2D eigenvalue weighted by atomic mass is 32.2. The lowest BCUT2D eigenvalue weighted by Crippen LogP contribution is -3.19. The summed E-state index contributed by atoms with van der Waals surface area (Å²) in [5.41, 5.74) is 0.